The summed E-state index contributed by atoms with van der Waals surface area (Å²) in [6.45, 7) is 0. The van der Waals surface area contributed by atoms with Gasteiger partial charge in [0.25, 0.3) is 5.91 Å². The molecule has 0 saturated heterocycles. The fourth-order valence-electron chi connectivity index (χ4n) is 2.20. The van der Waals surface area contributed by atoms with Crippen molar-refractivity contribution >= 4 is 34.5 Å². The van der Waals surface area contributed by atoms with E-state index in [1.807, 2.05) is 48.7 Å². The summed E-state index contributed by atoms with van der Waals surface area (Å²) in [4.78, 5) is 17.4. The first-order valence-electron chi connectivity index (χ1n) is 6.99. The van der Waals surface area contributed by atoms with Gasteiger partial charge in [-0.15, -0.1) is 0 Å². The van der Waals surface area contributed by atoms with Gasteiger partial charge in [0.2, 0.25) is 0 Å². The van der Waals surface area contributed by atoms with Crippen molar-refractivity contribution in [1.29, 1.82) is 0 Å². The molecule has 0 atom stereocenters. The molecule has 3 rings (SSSR count). The Kier molecular flexibility index (Phi) is 4.71. The highest BCUT2D eigenvalue weighted by atomic mass is 32.2. The molecule has 2 N–H and O–H groups in total. The molecule has 0 spiro atoms. The second-order valence-corrected chi connectivity index (χ2v) is 5.95. The van der Waals surface area contributed by atoms with E-state index >= 15 is 0 Å². The van der Waals surface area contributed by atoms with Crippen molar-refractivity contribution in [2.45, 2.75) is 9.79 Å². The zero-order chi connectivity index (χ0) is 16.1. The van der Waals surface area contributed by atoms with Gasteiger partial charge < -0.3 is 0 Å². The van der Waals surface area contributed by atoms with Crippen LogP contribution in [-0.4, -0.2) is 16.1 Å². The molecule has 0 aliphatic heterocycles. The fraction of sp³-hybridized carbons (Fsp3) is 0. The molecule has 0 saturated carbocycles. The third-order valence-corrected chi connectivity index (χ3v) is 4.33. The van der Waals surface area contributed by atoms with Crippen molar-refractivity contribution in [3.8, 4) is 0 Å². The number of amides is 1. The van der Waals surface area contributed by atoms with Gasteiger partial charge in [0.1, 0.15) is 0 Å². The van der Waals surface area contributed by atoms with E-state index in [0.29, 0.717) is 0 Å². The SMILES string of the molecule is O=C(/C=C/c1cccc(Sc2cccc3cnccc23)c1)NO. The zero-order valence-electron chi connectivity index (χ0n) is 12.1. The van der Waals surface area contributed by atoms with Crippen LogP contribution in [0.3, 0.4) is 0 Å². The molecule has 0 bridgehead atoms. The van der Waals surface area contributed by atoms with E-state index in [9.17, 15) is 4.79 Å². The summed E-state index contributed by atoms with van der Waals surface area (Å²) in [5.41, 5.74) is 2.46. The van der Waals surface area contributed by atoms with Crippen LogP contribution >= 0.6 is 11.8 Å². The zero-order valence-corrected chi connectivity index (χ0v) is 13.0. The second kappa shape index (κ2) is 7.09. The van der Waals surface area contributed by atoms with Crippen molar-refractivity contribution in [2.75, 3.05) is 0 Å². The number of hydrogen-bond acceptors (Lipinski definition) is 4. The van der Waals surface area contributed by atoms with Gasteiger partial charge in [0, 0.05) is 33.6 Å². The summed E-state index contributed by atoms with van der Waals surface area (Å²) >= 11 is 1.66. The average Bonchev–Trinajstić information content (AvgIpc) is 2.60. The molecule has 0 fully saturated rings. The Morgan fingerprint density at radius 2 is 2.04 bits per heavy atom. The molecule has 1 heterocycles. The molecule has 0 radical (unpaired) electrons. The Hall–Kier alpha value is -2.63. The topological polar surface area (TPSA) is 62.2 Å². The molecule has 0 unspecified atom stereocenters. The Morgan fingerprint density at radius 3 is 2.91 bits per heavy atom. The van der Waals surface area contributed by atoms with Crippen LogP contribution in [0.1, 0.15) is 5.56 Å². The molecular weight excluding hydrogens is 308 g/mol. The van der Waals surface area contributed by atoms with Crippen molar-refractivity contribution in [1.82, 2.24) is 10.5 Å². The lowest BCUT2D eigenvalue weighted by Crippen LogP contribution is -2.14. The van der Waals surface area contributed by atoms with Crippen LogP contribution in [0.5, 0.6) is 0 Å². The predicted molar refractivity (Wildman–Crippen MR) is 91.3 cm³/mol. The number of nitrogens with zero attached hydrogens (tertiary/aromatic N) is 1. The van der Waals surface area contributed by atoms with Gasteiger partial charge in [-0.3, -0.25) is 15.0 Å². The highest BCUT2D eigenvalue weighted by Gasteiger charge is 2.03. The van der Waals surface area contributed by atoms with E-state index in [4.69, 9.17) is 5.21 Å². The van der Waals surface area contributed by atoms with E-state index in [0.717, 1.165) is 26.1 Å². The molecule has 1 aromatic heterocycles. The van der Waals surface area contributed by atoms with Crippen LogP contribution in [0.4, 0.5) is 0 Å². The number of hydrogen-bond donors (Lipinski definition) is 2. The molecule has 2 aromatic carbocycles. The van der Waals surface area contributed by atoms with Crippen LogP contribution in [0.2, 0.25) is 0 Å². The number of pyridine rings is 1. The Bertz CT molecular complexity index is 872. The number of carbonyl (C=O) groups is 1. The second-order valence-electron chi connectivity index (χ2n) is 4.84. The van der Waals surface area contributed by atoms with Crippen LogP contribution in [0.25, 0.3) is 16.8 Å². The maximum atomic E-state index is 11.0. The monoisotopic (exact) mass is 322 g/mol. The van der Waals surface area contributed by atoms with Gasteiger partial charge in [0.05, 0.1) is 0 Å². The summed E-state index contributed by atoms with van der Waals surface area (Å²) in [7, 11) is 0. The molecule has 5 heteroatoms. The maximum Gasteiger partial charge on any atom is 0.267 e. The van der Waals surface area contributed by atoms with Crippen molar-refractivity contribution < 1.29 is 10.0 Å². The van der Waals surface area contributed by atoms with E-state index in [1.165, 1.54) is 6.08 Å². The standard InChI is InChI=1S/C18H14N2O2S/c21-18(20-22)8-7-13-3-1-5-15(11-13)23-17-6-2-4-14-12-19-10-9-16(14)17/h1-12,22H,(H,20,21)/b8-7+. The van der Waals surface area contributed by atoms with Gasteiger partial charge in [0.15, 0.2) is 0 Å². The minimum absolute atomic E-state index is 0.551. The first-order valence-corrected chi connectivity index (χ1v) is 7.81. The number of hydroxylamine groups is 1. The number of benzene rings is 2. The minimum Gasteiger partial charge on any atom is -0.288 e. The molecule has 23 heavy (non-hydrogen) atoms. The minimum atomic E-state index is -0.551. The maximum absolute atomic E-state index is 11.0. The van der Waals surface area contributed by atoms with E-state index in [1.54, 1.807) is 29.5 Å². The number of fused-ring (bicyclic) bond motifs is 1. The van der Waals surface area contributed by atoms with Crippen molar-refractivity contribution in [3.63, 3.8) is 0 Å². The molecule has 3 aromatic rings. The first-order chi connectivity index (χ1) is 11.3. The van der Waals surface area contributed by atoms with Gasteiger partial charge >= 0.3 is 0 Å². The lowest BCUT2D eigenvalue weighted by Gasteiger charge is -2.06. The molecule has 0 aliphatic rings. The van der Waals surface area contributed by atoms with Gasteiger partial charge in [-0.05, 0) is 41.3 Å². The molecular formula is C18H14N2O2S. The number of nitrogens with one attached hydrogen (secondary N) is 1. The third kappa shape index (κ3) is 3.77. The summed E-state index contributed by atoms with van der Waals surface area (Å²) < 4.78 is 0. The lowest BCUT2D eigenvalue weighted by atomic mass is 10.2. The quantitative estimate of drug-likeness (QED) is 0.434. The predicted octanol–water partition coefficient (Wildman–Crippen LogP) is 3.90. The third-order valence-electron chi connectivity index (χ3n) is 3.26. The lowest BCUT2D eigenvalue weighted by molar-refractivity contribution is -0.124. The summed E-state index contributed by atoms with van der Waals surface area (Å²) in [6.07, 6.45) is 6.58. The molecule has 1 amide bonds. The Balaban J connectivity index is 1.88. The van der Waals surface area contributed by atoms with Crippen LogP contribution in [0, 0.1) is 0 Å². The van der Waals surface area contributed by atoms with Crippen LogP contribution in [0.15, 0.2) is 76.8 Å². The normalized spacial score (nSPS) is 11.0. The summed E-state index contributed by atoms with van der Waals surface area (Å²) in [5.74, 6) is -0.551. The van der Waals surface area contributed by atoms with E-state index in [-0.39, 0.29) is 0 Å². The molecule has 4 nitrogen and oxygen atoms in total. The van der Waals surface area contributed by atoms with Crippen LogP contribution < -0.4 is 5.48 Å². The highest BCUT2D eigenvalue weighted by molar-refractivity contribution is 7.99. The highest BCUT2D eigenvalue weighted by Crippen LogP contribution is 2.33. The Morgan fingerprint density at radius 1 is 1.17 bits per heavy atom. The summed E-state index contributed by atoms with van der Waals surface area (Å²) in [5, 5.41) is 10.8. The van der Waals surface area contributed by atoms with Crippen LogP contribution in [-0.2, 0) is 4.79 Å². The van der Waals surface area contributed by atoms with Crippen molar-refractivity contribution in [3.05, 3.63) is 72.6 Å². The van der Waals surface area contributed by atoms with Gasteiger partial charge in [-0.25, -0.2) is 5.48 Å². The number of rotatable bonds is 4. The van der Waals surface area contributed by atoms with Gasteiger partial charge in [-0.1, -0.05) is 36.0 Å². The molecule has 0 aliphatic carbocycles. The smallest absolute Gasteiger partial charge is 0.267 e. The summed E-state index contributed by atoms with van der Waals surface area (Å²) in [6, 6.07) is 16.0. The van der Waals surface area contributed by atoms with E-state index in [2.05, 4.69) is 11.1 Å². The van der Waals surface area contributed by atoms with E-state index < -0.39 is 5.91 Å². The largest absolute Gasteiger partial charge is 0.288 e. The first kappa shape index (κ1) is 15.3. The average molecular weight is 322 g/mol. The number of carbonyl (C=O) groups excluding carboxylic acids is 1. The van der Waals surface area contributed by atoms with Crippen molar-refractivity contribution in [2.24, 2.45) is 0 Å². The Labute approximate surface area is 137 Å². The van der Waals surface area contributed by atoms with Gasteiger partial charge in [-0.2, -0.15) is 0 Å². The number of aromatic nitrogens is 1. The fourth-order valence-corrected chi connectivity index (χ4v) is 3.24. The molecule has 114 valence electrons.